The summed E-state index contributed by atoms with van der Waals surface area (Å²) < 4.78 is 12.0. The molecule has 154 valence electrons. The predicted octanol–water partition coefficient (Wildman–Crippen LogP) is 5.62. The van der Waals surface area contributed by atoms with Crippen LogP contribution < -0.4 is 10.2 Å². The Balaban J connectivity index is 1.66. The fraction of sp³-hybridized carbons (Fsp3) is 0.0909. The standard InChI is InChI=1S/C22H18Br2N2O4/c1-29-13-14-4-2-6-17(8-14)30-18-7-3-5-16(11-18)22(28)26-25-12-15-9-19(23)21(27)20(24)10-15/h2-12,27H,13H2,1H3,(H,26,28)/b25-12+. The molecule has 0 aliphatic carbocycles. The van der Waals surface area contributed by atoms with E-state index < -0.39 is 0 Å². The molecule has 0 atom stereocenters. The van der Waals surface area contributed by atoms with E-state index in [9.17, 15) is 9.90 Å². The van der Waals surface area contributed by atoms with Gasteiger partial charge in [0.05, 0.1) is 21.8 Å². The highest BCUT2D eigenvalue weighted by Crippen LogP contribution is 2.32. The van der Waals surface area contributed by atoms with Gasteiger partial charge in [-0.25, -0.2) is 5.43 Å². The monoisotopic (exact) mass is 532 g/mol. The summed E-state index contributed by atoms with van der Waals surface area (Å²) in [6, 6.07) is 17.7. The number of carbonyl (C=O) groups excluding carboxylic acids is 1. The Morgan fingerprint density at radius 2 is 1.73 bits per heavy atom. The van der Waals surface area contributed by atoms with Crippen LogP contribution in [0.3, 0.4) is 0 Å². The summed E-state index contributed by atoms with van der Waals surface area (Å²) >= 11 is 6.51. The van der Waals surface area contributed by atoms with Crippen molar-refractivity contribution in [1.29, 1.82) is 0 Å². The Morgan fingerprint density at radius 1 is 1.07 bits per heavy atom. The summed E-state index contributed by atoms with van der Waals surface area (Å²) in [5.74, 6) is 0.915. The van der Waals surface area contributed by atoms with Crippen molar-refractivity contribution < 1.29 is 19.4 Å². The highest BCUT2D eigenvalue weighted by atomic mass is 79.9. The molecule has 6 nitrogen and oxygen atoms in total. The van der Waals surface area contributed by atoms with Crippen LogP contribution in [0.2, 0.25) is 0 Å². The quantitative estimate of drug-likeness (QED) is 0.305. The zero-order chi connectivity index (χ0) is 21.5. The third-order valence-corrected chi connectivity index (χ3v) is 5.17. The number of amides is 1. The minimum atomic E-state index is -0.373. The minimum Gasteiger partial charge on any atom is -0.506 e. The van der Waals surface area contributed by atoms with Gasteiger partial charge in [0.25, 0.3) is 5.91 Å². The van der Waals surface area contributed by atoms with Crippen molar-refractivity contribution in [1.82, 2.24) is 5.43 Å². The maximum atomic E-state index is 12.4. The number of aromatic hydroxyl groups is 1. The Kier molecular flexibility index (Phi) is 7.62. The van der Waals surface area contributed by atoms with Crippen LogP contribution in [-0.2, 0) is 11.3 Å². The Morgan fingerprint density at radius 3 is 2.43 bits per heavy atom. The summed E-state index contributed by atoms with van der Waals surface area (Å²) in [4.78, 5) is 12.4. The molecule has 30 heavy (non-hydrogen) atoms. The molecule has 1 amide bonds. The lowest BCUT2D eigenvalue weighted by molar-refractivity contribution is 0.0955. The fourth-order valence-electron chi connectivity index (χ4n) is 2.59. The van der Waals surface area contributed by atoms with Gasteiger partial charge < -0.3 is 14.6 Å². The first kappa shape index (κ1) is 22.0. The number of methoxy groups -OCH3 is 1. The summed E-state index contributed by atoms with van der Waals surface area (Å²) in [5, 5.41) is 13.7. The molecule has 3 aromatic carbocycles. The lowest BCUT2D eigenvalue weighted by Gasteiger charge is -2.09. The molecule has 0 fully saturated rings. The molecule has 8 heteroatoms. The van der Waals surface area contributed by atoms with Gasteiger partial charge in [-0.3, -0.25) is 4.79 Å². The van der Waals surface area contributed by atoms with Crippen molar-refractivity contribution in [3.8, 4) is 17.2 Å². The summed E-state index contributed by atoms with van der Waals surface area (Å²) in [6.07, 6.45) is 1.48. The van der Waals surface area contributed by atoms with Gasteiger partial charge >= 0.3 is 0 Å². The van der Waals surface area contributed by atoms with Crippen LogP contribution in [0, 0.1) is 0 Å². The highest BCUT2D eigenvalue weighted by molar-refractivity contribution is 9.11. The average molecular weight is 534 g/mol. The van der Waals surface area contributed by atoms with Gasteiger partial charge in [-0.2, -0.15) is 5.10 Å². The topological polar surface area (TPSA) is 80.2 Å². The first-order chi connectivity index (χ1) is 14.5. The molecule has 0 aliphatic heterocycles. The molecule has 0 aliphatic rings. The van der Waals surface area contributed by atoms with Gasteiger partial charge in [0, 0.05) is 12.7 Å². The average Bonchev–Trinajstić information content (AvgIpc) is 2.72. The van der Waals surface area contributed by atoms with Crippen LogP contribution in [0.4, 0.5) is 0 Å². The lowest BCUT2D eigenvalue weighted by Crippen LogP contribution is -2.17. The number of ether oxygens (including phenoxy) is 2. The van der Waals surface area contributed by atoms with E-state index in [4.69, 9.17) is 9.47 Å². The fourth-order valence-corrected chi connectivity index (χ4v) is 3.81. The molecule has 0 radical (unpaired) electrons. The van der Waals surface area contributed by atoms with Crippen molar-refractivity contribution in [2.45, 2.75) is 6.61 Å². The second-order valence-corrected chi connectivity index (χ2v) is 7.95. The number of carbonyl (C=O) groups is 1. The molecule has 0 spiro atoms. The molecule has 0 heterocycles. The maximum Gasteiger partial charge on any atom is 0.271 e. The number of rotatable bonds is 7. The molecule has 0 aromatic heterocycles. The van der Waals surface area contributed by atoms with Crippen LogP contribution in [0.1, 0.15) is 21.5 Å². The molecule has 0 unspecified atom stereocenters. The SMILES string of the molecule is COCc1cccc(Oc2cccc(C(=O)N/N=C/c3cc(Br)c(O)c(Br)c3)c2)c1. The Hall–Kier alpha value is -2.68. The number of nitrogens with one attached hydrogen (secondary N) is 1. The van der Waals surface area contributed by atoms with Crippen LogP contribution in [0.15, 0.2) is 74.7 Å². The predicted molar refractivity (Wildman–Crippen MR) is 122 cm³/mol. The Labute approximate surface area is 190 Å². The van der Waals surface area contributed by atoms with E-state index in [0.29, 0.717) is 38.2 Å². The van der Waals surface area contributed by atoms with Gasteiger partial charge in [-0.15, -0.1) is 0 Å². The van der Waals surface area contributed by atoms with Crippen molar-refractivity contribution in [2.24, 2.45) is 5.10 Å². The van der Waals surface area contributed by atoms with Crippen molar-refractivity contribution in [3.05, 3.63) is 86.3 Å². The molecule has 0 saturated carbocycles. The second kappa shape index (κ2) is 10.4. The van der Waals surface area contributed by atoms with E-state index >= 15 is 0 Å². The Bertz CT molecular complexity index is 1060. The van der Waals surface area contributed by atoms with Gasteiger partial charge in [-0.05, 0) is 85.5 Å². The van der Waals surface area contributed by atoms with Crippen molar-refractivity contribution >= 4 is 44.0 Å². The highest BCUT2D eigenvalue weighted by Gasteiger charge is 2.08. The van der Waals surface area contributed by atoms with Gasteiger partial charge in [-0.1, -0.05) is 18.2 Å². The first-order valence-electron chi connectivity index (χ1n) is 8.83. The largest absolute Gasteiger partial charge is 0.506 e. The van der Waals surface area contributed by atoms with E-state index in [0.717, 1.165) is 5.56 Å². The van der Waals surface area contributed by atoms with E-state index in [-0.39, 0.29) is 11.7 Å². The number of halogens is 2. The van der Waals surface area contributed by atoms with Crippen molar-refractivity contribution in [3.63, 3.8) is 0 Å². The molecular formula is C22H18Br2N2O4. The number of hydrogen-bond donors (Lipinski definition) is 2. The number of phenolic OH excluding ortho intramolecular Hbond substituents is 1. The maximum absolute atomic E-state index is 12.4. The summed E-state index contributed by atoms with van der Waals surface area (Å²) in [5.41, 5.74) is 4.58. The number of hydrogen-bond acceptors (Lipinski definition) is 5. The summed E-state index contributed by atoms with van der Waals surface area (Å²) in [6.45, 7) is 0.492. The lowest BCUT2D eigenvalue weighted by atomic mass is 10.2. The van der Waals surface area contributed by atoms with Gasteiger partial charge in [0.15, 0.2) is 0 Å². The summed E-state index contributed by atoms with van der Waals surface area (Å²) in [7, 11) is 1.64. The third-order valence-electron chi connectivity index (χ3n) is 3.96. The number of nitrogens with zero attached hydrogens (tertiary/aromatic N) is 1. The van der Waals surface area contributed by atoms with Gasteiger partial charge in [0.1, 0.15) is 17.2 Å². The zero-order valence-electron chi connectivity index (χ0n) is 15.9. The molecule has 2 N–H and O–H groups in total. The van der Waals surface area contributed by atoms with E-state index in [1.807, 2.05) is 24.3 Å². The number of hydrazone groups is 1. The van der Waals surface area contributed by atoms with E-state index in [1.54, 1.807) is 43.5 Å². The third kappa shape index (κ3) is 5.91. The minimum absolute atomic E-state index is 0.0979. The van der Waals surface area contributed by atoms with Crippen LogP contribution in [-0.4, -0.2) is 24.3 Å². The number of benzene rings is 3. The molecule has 0 bridgehead atoms. The van der Waals surface area contributed by atoms with E-state index in [2.05, 4.69) is 42.4 Å². The molecular weight excluding hydrogens is 516 g/mol. The zero-order valence-corrected chi connectivity index (χ0v) is 19.1. The van der Waals surface area contributed by atoms with E-state index in [1.165, 1.54) is 6.21 Å². The van der Waals surface area contributed by atoms with Crippen LogP contribution in [0.5, 0.6) is 17.2 Å². The van der Waals surface area contributed by atoms with Crippen molar-refractivity contribution in [2.75, 3.05) is 7.11 Å². The normalized spacial score (nSPS) is 10.9. The molecule has 3 aromatic rings. The first-order valence-corrected chi connectivity index (χ1v) is 10.4. The molecule has 0 saturated heterocycles. The van der Waals surface area contributed by atoms with Gasteiger partial charge in [0.2, 0.25) is 0 Å². The second-order valence-electron chi connectivity index (χ2n) is 6.24. The smallest absolute Gasteiger partial charge is 0.271 e. The van der Waals surface area contributed by atoms with Crippen LogP contribution in [0.25, 0.3) is 0 Å². The number of phenols is 1. The van der Waals surface area contributed by atoms with Crippen LogP contribution >= 0.6 is 31.9 Å². The molecule has 3 rings (SSSR count).